The van der Waals surface area contributed by atoms with Crippen molar-refractivity contribution in [3.63, 3.8) is 0 Å². The zero-order chi connectivity index (χ0) is 23.7. The van der Waals surface area contributed by atoms with Gasteiger partial charge >= 0.3 is 0 Å². The minimum atomic E-state index is -3.81. The van der Waals surface area contributed by atoms with Crippen molar-refractivity contribution in [3.05, 3.63) is 64.3 Å². The van der Waals surface area contributed by atoms with Gasteiger partial charge in [0.25, 0.3) is 0 Å². The molecule has 0 saturated heterocycles. The Kier molecular flexibility index (Phi) is 5.12. The molecule has 8 heteroatoms. The van der Waals surface area contributed by atoms with Crippen LogP contribution in [0.25, 0.3) is 21.7 Å². The van der Waals surface area contributed by atoms with Gasteiger partial charge in [0, 0.05) is 28.1 Å². The second-order valence-corrected chi connectivity index (χ2v) is 12.4. The Hall–Kier alpha value is -2.41. The van der Waals surface area contributed by atoms with Crippen molar-refractivity contribution in [2.75, 3.05) is 4.31 Å². The van der Waals surface area contributed by atoms with Crippen LogP contribution < -0.4 is 4.31 Å². The monoisotopic (exact) mass is 502 g/mol. The summed E-state index contributed by atoms with van der Waals surface area (Å²) < 4.78 is 29.2. The van der Waals surface area contributed by atoms with Crippen LogP contribution in [0.15, 0.2) is 48.5 Å². The van der Waals surface area contributed by atoms with E-state index in [1.165, 1.54) is 16.4 Å². The molecule has 172 valence electrons. The molecule has 0 atom stereocenters. The van der Waals surface area contributed by atoms with Crippen LogP contribution in [0.5, 0.6) is 5.75 Å². The van der Waals surface area contributed by atoms with Gasteiger partial charge in [0.05, 0.1) is 26.7 Å². The van der Waals surface area contributed by atoms with E-state index >= 15 is 0 Å². The summed E-state index contributed by atoms with van der Waals surface area (Å²) in [6, 6.07) is 14.6. The molecule has 0 unspecified atom stereocenters. The highest BCUT2D eigenvalue weighted by Crippen LogP contribution is 2.50. The largest absolute Gasteiger partial charge is 0.506 e. The van der Waals surface area contributed by atoms with Crippen molar-refractivity contribution in [1.29, 1.82) is 0 Å². The van der Waals surface area contributed by atoms with E-state index in [-0.39, 0.29) is 21.5 Å². The van der Waals surface area contributed by atoms with Crippen molar-refractivity contribution in [2.45, 2.75) is 44.3 Å². The molecular weight excluding hydrogens is 479 g/mol. The number of sulfonamides is 1. The van der Waals surface area contributed by atoms with Gasteiger partial charge in [-0.1, -0.05) is 74.3 Å². The zero-order valence-corrected chi connectivity index (χ0v) is 20.8. The Morgan fingerprint density at radius 2 is 1.73 bits per heavy atom. The van der Waals surface area contributed by atoms with Crippen molar-refractivity contribution in [3.8, 4) is 5.75 Å². The van der Waals surface area contributed by atoms with E-state index in [9.17, 15) is 13.5 Å². The van der Waals surface area contributed by atoms with E-state index in [0.717, 1.165) is 27.4 Å². The first kappa shape index (κ1) is 22.4. The molecule has 0 bridgehead atoms. The molecule has 33 heavy (non-hydrogen) atoms. The number of benzene rings is 3. The van der Waals surface area contributed by atoms with Gasteiger partial charge in [0.1, 0.15) is 5.75 Å². The number of anilines is 2. The van der Waals surface area contributed by atoms with Crippen molar-refractivity contribution < 1.29 is 13.5 Å². The predicted octanol–water partition coefficient (Wildman–Crippen LogP) is 7.26. The predicted molar refractivity (Wildman–Crippen MR) is 137 cm³/mol. The number of H-pyrrole nitrogens is 1. The summed E-state index contributed by atoms with van der Waals surface area (Å²) in [7, 11) is -3.81. The Morgan fingerprint density at radius 3 is 2.39 bits per heavy atom. The normalized spacial score (nSPS) is 14.8. The molecular formula is C25H24Cl2N2O3S. The highest BCUT2D eigenvalue weighted by atomic mass is 35.5. The van der Waals surface area contributed by atoms with Gasteiger partial charge in [-0.25, -0.2) is 12.7 Å². The smallest absolute Gasteiger partial charge is 0.242 e. The number of fused-ring (bicyclic) bond motifs is 3. The fourth-order valence-corrected chi connectivity index (χ4v) is 6.62. The number of aromatic amines is 1. The van der Waals surface area contributed by atoms with Crippen molar-refractivity contribution in [2.24, 2.45) is 0 Å². The van der Waals surface area contributed by atoms with E-state index in [1.807, 2.05) is 57.2 Å². The number of phenolic OH excluding ortho intramolecular Hbond substituents is 1. The summed E-state index contributed by atoms with van der Waals surface area (Å²) >= 11 is 12.8. The molecule has 1 aliphatic rings. The highest BCUT2D eigenvalue weighted by Gasteiger charge is 2.44. The lowest BCUT2D eigenvalue weighted by atomic mass is 9.90. The molecule has 4 aromatic rings. The second kappa shape index (κ2) is 7.55. The van der Waals surface area contributed by atoms with E-state index in [1.54, 1.807) is 0 Å². The lowest BCUT2D eigenvalue weighted by Gasteiger charge is -2.30. The number of aromatic hydroxyl groups is 1. The molecule has 1 heterocycles. The minimum absolute atomic E-state index is 0.0346. The van der Waals surface area contributed by atoms with Crippen molar-refractivity contribution in [1.82, 2.24) is 4.98 Å². The summed E-state index contributed by atoms with van der Waals surface area (Å²) in [5, 5.41) is 12.5. The SMILES string of the molecule is CC(C)(C)c1[nH]c2ccc3ccccc3c2c1N(c1cc(Cl)c(O)cc1Cl)S(=O)(=O)C1CC1. The molecule has 1 aromatic heterocycles. The standard InChI is InChI=1S/C25H24Cl2N2O3S/c1-25(2,3)24-23(22-16-7-5-4-6-14(16)8-11-19(22)28-24)29(33(31,32)15-9-10-15)20-12-18(27)21(30)13-17(20)26/h4-8,11-13,15,28,30H,9-10H2,1-3H3. The summed E-state index contributed by atoms with van der Waals surface area (Å²) in [4.78, 5) is 3.49. The molecule has 1 aliphatic carbocycles. The number of phenols is 1. The first-order valence-electron chi connectivity index (χ1n) is 10.8. The number of nitrogens with one attached hydrogen (secondary N) is 1. The fourth-order valence-electron chi connectivity index (χ4n) is 4.28. The van der Waals surface area contributed by atoms with Crippen LogP contribution >= 0.6 is 23.2 Å². The van der Waals surface area contributed by atoms with Crippen LogP contribution in [0, 0.1) is 0 Å². The quantitative estimate of drug-likeness (QED) is 0.308. The fraction of sp³-hybridized carbons (Fsp3) is 0.280. The van der Waals surface area contributed by atoms with Gasteiger partial charge in [0.15, 0.2) is 0 Å². The molecule has 0 radical (unpaired) electrons. The number of hydrogen-bond acceptors (Lipinski definition) is 3. The van der Waals surface area contributed by atoms with E-state index in [0.29, 0.717) is 18.5 Å². The molecule has 5 rings (SSSR count). The minimum Gasteiger partial charge on any atom is -0.506 e. The third kappa shape index (κ3) is 3.65. The van der Waals surface area contributed by atoms with Crippen LogP contribution in [0.1, 0.15) is 39.3 Å². The Bertz CT molecular complexity index is 1520. The van der Waals surface area contributed by atoms with Crippen molar-refractivity contribution >= 4 is 66.3 Å². The lowest BCUT2D eigenvalue weighted by Crippen LogP contribution is -2.31. The van der Waals surface area contributed by atoms with Gasteiger partial charge in [-0.2, -0.15) is 0 Å². The maximum Gasteiger partial charge on any atom is 0.242 e. The van der Waals surface area contributed by atoms with Gasteiger partial charge in [-0.15, -0.1) is 0 Å². The Labute approximate surface area is 203 Å². The molecule has 3 aromatic carbocycles. The molecule has 0 amide bonds. The second-order valence-electron chi connectivity index (χ2n) is 9.57. The summed E-state index contributed by atoms with van der Waals surface area (Å²) in [5.74, 6) is -0.199. The number of halogens is 2. The van der Waals surface area contributed by atoms with Gasteiger partial charge in [-0.3, -0.25) is 0 Å². The maximum atomic E-state index is 13.9. The lowest BCUT2D eigenvalue weighted by molar-refractivity contribution is 0.475. The first-order valence-corrected chi connectivity index (χ1v) is 13.0. The highest BCUT2D eigenvalue weighted by molar-refractivity contribution is 7.94. The van der Waals surface area contributed by atoms with Crippen LogP contribution in [0.4, 0.5) is 11.4 Å². The third-order valence-electron chi connectivity index (χ3n) is 6.05. The molecule has 5 nitrogen and oxygen atoms in total. The van der Waals surface area contributed by atoms with Crippen LogP contribution in [-0.2, 0) is 15.4 Å². The zero-order valence-electron chi connectivity index (χ0n) is 18.5. The van der Waals surface area contributed by atoms with E-state index in [2.05, 4.69) is 4.98 Å². The van der Waals surface area contributed by atoms with Gasteiger partial charge in [0.2, 0.25) is 10.0 Å². The van der Waals surface area contributed by atoms with E-state index in [4.69, 9.17) is 23.2 Å². The summed E-state index contributed by atoms with van der Waals surface area (Å²) in [6.45, 7) is 6.12. The number of hydrogen-bond donors (Lipinski definition) is 2. The summed E-state index contributed by atoms with van der Waals surface area (Å²) in [5.41, 5.74) is 1.99. The number of aromatic nitrogens is 1. The molecule has 1 saturated carbocycles. The van der Waals surface area contributed by atoms with Crippen LogP contribution in [0.2, 0.25) is 10.0 Å². The molecule has 2 N–H and O–H groups in total. The maximum absolute atomic E-state index is 13.9. The van der Waals surface area contributed by atoms with Crippen LogP contribution in [-0.4, -0.2) is 23.8 Å². The first-order chi connectivity index (χ1) is 15.5. The third-order valence-corrected chi connectivity index (χ3v) is 8.86. The van der Waals surface area contributed by atoms with Gasteiger partial charge in [-0.05, 0) is 35.7 Å². The van der Waals surface area contributed by atoms with Gasteiger partial charge < -0.3 is 10.1 Å². The van der Waals surface area contributed by atoms with Crippen LogP contribution in [0.3, 0.4) is 0 Å². The average Bonchev–Trinajstić information content (AvgIpc) is 3.53. The molecule has 1 fully saturated rings. The summed E-state index contributed by atoms with van der Waals surface area (Å²) in [6.07, 6.45) is 1.19. The van der Waals surface area contributed by atoms with E-state index < -0.39 is 20.7 Å². The number of nitrogens with zero attached hydrogens (tertiary/aromatic N) is 1. The number of rotatable bonds is 4. The molecule has 0 spiro atoms. The molecule has 0 aliphatic heterocycles. The Morgan fingerprint density at radius 1 is 1.03 bits per heavy atom. The topological polar surface area (TPSA) is 73.4 Å². The Balaban J connectivity index is 1.96. The average molecular weight is 503 g/mol.